The van der Waals surface area contributed by atoms with Crippen LogP contribution in [0.3, 0.4) is 0 Å². The minimum atomic E-state index is 1.15. The standard InChI is InChI=1S/C9H11N3/c1-8-3-5-9(6-4-8)12-7-10-11(12)2/h3-7H,1-2H3. The average molecular weight is 161 g/mol. The predicted molar refractivity (Wildman–Crippen MR) is 47.3 cm³/mol. The van der Waals surface area contributed by atoms with E-state index in [0.29, 0.717) is 0 Å². The van der Waals surface area contributed by atoms with Crippen LogP contribution in [0.1, 0.15) is 5.56 Å². The molecule has 0 aliphatic heterocycles. The van der Waals surface area contributed by atoms with E-state index in [2.05, 4.69) is 36.3 Å². The zero-order valence-corrected chi connectivity index (χ0v) is 7.23. The van der Waals surface area contributed by atoms with Gasteiger partial charge in [0.05, 0.1) is 5.69 Å². The van der Waals surface area contributed by atoms with Crippen LogP contribution in [0.25, 0.3) is 5.69 Å². The molecular weight excluding hydrogens is 150 g/mol. The summed E-state index contributed by atoms with van der Waals surface area (Å²) in [5.74, 6) is 0. The Kier molecular flexibility index (Phi) is 1.50. The Morgan fingerprint density at radius 1 is 1.17 bits per heavy atom. The second kappa shape index (κ2) is 2.52. The van der Waals surface area contributed by atoms with Crippen LogP contribution in [0.4, 0.5) is 0 Å². The van der Waals surface area contributed by atoms with Gasteiger partial charge in [-0.1, -0.05) is 17.7 Å². The summed E-state index contributed by atoms with van der Waals surface area (Å²) in [4.78, 5) is 1.80. The fourth-order valence-electron chi connectivity index (χ4n) is 1.14. The summed E-state index contributed by atoms with van der Waals surface area (Å²) in [6, 6.07) is 8.35. The fourth-order valence-corrected chi connectivity index (χ4v) is 1.14. The Balaban J connectivity index is 2.39. The van der Waals surface area contributed by atoms with E-state index in [4.69, 9.17) is 0 Å². The average Bonchev–Trinajstić information content (AvgIpc) is 2.06. The summed E-state index contributed by atoms with van der Waals surface area (Å²) < 4.78 is 1.99. The molecule has 0 saturated heterocycles. The maximum absolute atomic E-state index is 3.98. The van der Waals surface area contributed by atoms with Crippen LogP contribution in [0.2, 0.25) is 0 Å². The summed E-state index contributed by atoms with van der Waals surface area (Å²) in [6.45, 7) is 2.08. The molecule has 12 heavy (non-hydrogen) atoms. The molecule has 62 valence electrons. The lowest BCUT2D eigenvalue weighted by Crippen LogP contribution is -2.19. The minimum absolute atomic E-state index is 1.15. The molecule has 0 spiro atoms. The van der Waals surface area contributed by atoms with Crippen LogP contribution in [-0.2, 0) is 7.05 Å². The first-order chi connectivity index (χ1) is 5.77. The zero-order chi connectivity index (χ0) is 8.55. The molecule has 0 aliphatic rings. The van der Waals surface area contributed by atoms with Crippen molar-refractivity contribution in [3.8, 4) is 5.69 Å². The molecular formula is C9H11N3. The first-order valence-electron chi connectivity index (χ1n) is 3.91. The summed E-state index contributed by atoms with van der Waals surface area (Å²) in [5.41, 5.74) is 2.43. The maximum Gasteiger partial charge on any atom is 0.139 e. The van der Waals surface area contributed by atoms with Crippen LogP contribution >= 0.6 is 0 Å². The summed E-state index contributed by atoms with van der Waals surface area (Å²) in [6.07, 6.45) is 1.80. The number of benzene rings is 1. The number of aryl methyl sites for hydroxylation is 2. The van der Waals surface area contributed by atoms with Crippen LogP contribution in [0.15, 0.2) is 30.6 Å². The molecule has 0 atom stereocenters. The molecule has 0 fully saturated rings. The number of aromatic nitrogens is 3. The molecule has 3 nitrogen and oxygen atoms in total. The lowest BCUT2D eigenvalue weighted by molar-refractivity contribution is 0.464. The van der Waals surface area contributed by atoms with Crippen molar-refractivity contribution in [1.82, 2.24) is 14.6 Å². The number of hydrogen-bond acceptors (Lipinski definition) is 1. The van der Waals surface area contributed by atoms with Gasteiger partial charge in [0.25, 0.3) is 0 Å². The van der Waals surface area contributed by atoms with E-state index in [1.54, 1.807) is 11.1 Å². The Morgan fingerprint density at radius 2 is 1.83 bits per heavy atom. The van der Waals surface area contributed by atoms with Crippen LogP contribution < -0.4 is 0 Å². The first kappa shape index (κ1) is 7.16. The third-order valence-electron chi connectivity index (χ3n) is 1.94. The van der Waals surface area contributed by atoms with Gasteiger partial charge >= 0.3 is 0 Å². The topological polar surface area (TPSA) is 22.8 Å². The molecule has 0 saturated carbocycles. The van der Waals surface area contributed by atoms with Crippen molar-refractivity contribution in [2.24, 2.45) is 7.05 Å². The Morgan fingerprint density at radius 3 is 2.25 bits per heavy atom. The second-order valence-electron chi connectivity index (χ2n) is 2.90. The van der Waals surface area contributed by atoms with Gasteiger partial charge in [-0.25, -0.2) is 9.48 Å². The zero-order valence-electron chi connectivity index (χ0n) is 7.23. The molecule has 0 N–H and O–H groups in total. The van der Waals surface area contributed by atoms with Crippen molar-refractivity contribution in [3.05, 3.63) is 36.2 Å². The first-order valence-corrected chi connectivity index (χ1v) is 3.91. The predicted octanol–water partition coefficient (Wildman–Crippen LogP) is 1.52. The summed E-state index contributed by atoms with van der Waals surface area (Å²) in [7, 11) is 1.92. The van der Waals surface area contributed by atoms with Gasteiger partial charge in [0, 0.05) is 7.05 Å². The Bertz CT molecular complexity index is 367. The quantitative estimate of drug-likeness (QED) is 0.621. The van der Waals surface area contributed by atoms with E-state index in [1.807, 2.05) is 11.7 Å². The lowest BCUT2D eigenvalue weighted by atomic mass is 10.2. The van der Waals surface area contributed by atoms with Crippen molar-refractivity contribution in [2.45, 2.75) is 6.92 Å². The molecule has 1 heterocycles. The highest BCUT2D eigenvalue weighted by Gasteiger charge is 1.99. The smallest absolute Gasteiger partial charge is 0.139 e. The van der Waals surface area contributed by atoms with Gasteiger partial charge in [0.15, 0.2) is 0 Å². The highest BCUT2D eigenvalue weighted by atomic mass is 15.6. The fraction of sp³-hybridized carbons (Fsp3) is 0.222. The van der Waals surface area contributed by atoms with E-state index < -0.39 is 0 Å². The van der Waals surface area contributed by atoms with E-state index in [1.165, 1.54) is 5.56 Å². The van der Waals surface area contributed by atoms with Crippen molar-refractivity contribution in [3.63, 3.8) is 0 Å². The van der Waals surface area contributed by atoms with E-state index in [0.717, 1.165) is 5.69 Å². The van der Waals surface area contributed by atoms with E-state index in [-0.39, 0.29) is 0 Å². The SMILES string of the molecule is Cc1ccc(-n2cnn2C)cc1. The van der Waals surface area contributed by atoms with Gasteiger partial charge in [0.2, 0.25) is 0 Å². The lowest BCUT2D eigenvalue weighted by Gasteiger charge is -2.14. The molecule has 0 aliphatic carbocycles. The van der Waals surface area contributed by atoms with Gasteiger partial charge < -0.3 is 0 Å². The molecule has 2 aromatic rings. The maximum atomic E-state index is 3.98. The molecule has 1 aromatic carbocycles. The molecule has 0 radical (unpaired) electrons. The molecule has 2 rings (SSSR count). The summed E-state index contributed by atoms with van der Waals surface area (Å²) >= 11 is 0. The largest absolute Gasteiger partial charge is 0.225 e. The van der Waals surface area contributed by atoms with Crippen molar-refractivity contribution >= 4 is 0 Å². The van der Waals surface area contributed by atoms with Gasteiger partial charge in [-0.15, -0.1) is 5.10 Å². The molecule has 0 unspecified atom stereocenters. The van der Waals surface area contributed by atoms with Gasteiger partial charge in [-0.2, -0.15) is 0 Å². The van der Waals surface area contributed by atoms with Crippen LogP contribution in [0, 0.1) is 6.92 Å². The monoisotopic (exact) mass is 161 g/mol. The minimum Gasteiger partial charge on any atom is -0.225 e. The van der Waals surface area contributed by atoms with Gasteiger partial charge in [0.1, 0.15) is 6.33 Å². The summed E-state index contributed by atoms with van der Waals surface area (Å²) in [5, 5.41) is 3.98. The van der Waals surface area contributed by atoms with Crippen molar-refractivity contribution in [2.75, 3.05) is 0 Å². The van der Waals surface area contributed by atoms with E-state index >= 15 is 0 Å². The van der Waals surface area contributed by atoms with Gasteiger partial charge in [-0.3, -0.25) is 0 Å². The van der Waals surface area contributed by atoms with Crippen molar-refractivity contribution < 1.29 is 0 Å². The molecule has 3 heteroatoms. The van der Waals surface area contributed by atoms with Crippen molar-refractivity contribution in [1.29, 1.82) is 0 Å². The normalized spacial score (nSPS) is 10.5. The highest BCUT2D eigenvalue weighted by Crippen LogP contribution is 2.07. The molecule has 0 amide bonds. The highest BCUT2D eigenvalue weighted by molar-refractivity contribution is 5.32. The third kappa shape index (κ3) is 1.03. The van der Waals surface area contributed by atoms with E-state index in [9.17, 15) is 0 Å². The third-order valence-corrected chi connectivity index (χ3v) is 1.94. The number of rotatable bonds is 1. The van der Waals surface area contributed by atoms with Gasteiger partial charge in [-0.05, 0) is 19.1 Å². The Hall–Kier alpha value is -1.51. The molecule has 0 bridgehead atoms. The number of hydrogen-bond donors (Lipinski definition) is 0. The second-order valence-corrected chi connectivity index (χ2v) is 2.90. The molecule has 1 aromatic heterocycles. The number of nitrogens with zero attached hydrogens (tertiary/aromatic N) is 3. The Labute approximate surface area is 71.2 Å². The van der Waals surface area contributed by atoms with Crippen LogP contribution in [-0.4, -0.2) is 14.6 Å². The van der Waals surface area contributed by atoms with Crippen LogP contribution in [0.5, 0.6) is 0 Å².